The van der Waals surface area contributed by atoms with E-state index in [9.17, 15) is 31.5 Å². The normalized spacial score (nSPS) is 11.4. The molecular weight excluding hydrogens is 831 g/mol. The highest BCUT2D eigenvalue weighted by Gasteiger charge is 2.28. The first kappa shape index (κ1) is 53.7. The molecule has 0 fully saturated rings. The van der Waals surface area contributed by atoms with Gasteiger partial charge in [0, 0.05) is 0 Å². The van der Waals surface area contributed by atoms with Crippen molar-refractivity contribution in [3.63, 3.8) is 0 Å². The molecule has 0 bridgehead atoms. The lowest BCUT2D eigenvalue weighted by Gasteiger charge is -2.09. The van der Waals surface area contributed by atoms with Gasteiger partial charge in [-0.15, -0.1) is 0 Å². The molecule has 2 aromatic carbocycles. The van der Waals surface area contributed by atoms with E-state index in [2.05, 4.69) is 4.74 Å². The van der Waals surface area contributed by atoms with Crippen molar-refractivity contribution in [2.75, 3.05) is 165 Å². The van der Waals surface area contributed by atoms with Crippen LogP contribution in [0.5, 0.6) is 5.75 Å². The third-order valence-electron chi connectivity index (χ3n) is 7.40. The summed E-state index contributed by atoms with van der Waals surface area (Å²) in [4.78, 5) is 23.5. The van der Waals surface area contributed by atoms with Crippen LogP contribution in [-0.2, 0) is 66.4 Å². The largest absolute Gasteiger partial charge is 0.460 e. The molecule has 0 aliphatic carbocycles. The van der Waals surface area contributed by atoms with E-state index in [1.54, 1.807) is 24.3 Å². The van der Waals surface area contributed by atoms with Crippen molar-refractivity contribution < 1.29 is 97.9 Å². The Bertz CT molecular complexity index is 1390. The van der Waals surface area contributed by atoms with Crippen molar-refractivity contribution in [3.8, 4) is 5.75 Å². The number of benzene rings is 2. The summed E-state index contributed by atoms with van der Waals surface area (Å²) >= 11 is 0. The number of hydrogen-bond donors (Lipinski definition) is 0. The van der Waals surface area contributed by atoms with Gasteiger partial charge in [-0.3, -0.25) is 4.79 Å². The third kappa shape index (κ3) is 27.3. The van der Waals surface area contributed by atoms with Crippen LogP contribution in [0.1, 0.15) is 16.8 Å². The van der Waals surface area contributed by atoms with Gasteiger partial charge in [-0.2, -0.15) is 8.78 Å². The van der Waals surface area contributed by atoms with Gasteiger partial charge in [-0.25, -0.2) is 18.0 Å². The molecule has 0 saturated heterocycles. The van der Waals surface area contributed by atoms with E-state index in [0.29, 0.717) is 138 Å². The number of ether oxygens (including phenoxy) is 14. The molecule has 0 aliphatic heterocycles. The Kier molecular flexibility index (Phi) is 32.7. The lowest BCUT2D eigenvalue weighted by Crippen LogP contribution is -2.16. The molecule has 0 aliphatic rings. The maximum Gasteiger partial charge on any atom is 0.338 e. The minimum absolute atomic E-state index is 0.0730. The zero-order valence-electron chi connectivity index (χ0n) is 34.2. The van der Waals surface area contributed by atoms with E-state index in [4.69, 9.17) is 61.6 Å². The monoisotopic (exact) mass is 888 g/mol. The Labute approximate surface area is 351 Å². The average molecular weight is 889 g/mol. The Morgan fingerprint density at radius 2 is 0.607 bits per heavy atom. The number of carbonyl (C=O) groups is 2. The summed E-state index contributed by atoms with van der Waals surface area (Å²) in [5.74, 6) is -14.5. The van der Waals surface area contributed by atoms with Crippen LogP contribution < -0.4 is 4.74 Å². The fraction of sp³-hybridized carbons (Fsp3) is 0.650. The van der Waals surface area contributed by atoms with Crippen molar-refractivity contribution >= 4 is 11.9 Å². The van der Waals surface area contributed by atoms with Gasteiger partial charge < -0.3 is 66.3 Å². The fourth-order valence-corrected chi connectivity index (χ4v) is 4.37. The number of esters is 2. The molecule has 348 valence electrons. The highest BCUT2D eigenvalue weighted by atomic mass is 19.2. The molecule has 0 radical (unpaired) electrons. The van der Waals surface area contributed by atoms with E-state index in [1.807, 2.05) is 6.07 Å². The maximum atomic E-state index is 13.6. The highest BCUT2D eigenvalue weighted by Crippen LogP contribution is 2.29. The first-order valence-electron chi connectivity index (χ1n) is 19.7. The molecule has 0 saturated carbocycles. The molecule has 0 unspecified atom stereocenters. The van der Waals surface area contributed by atoms with Crippen molar-refractivity contribution in [2.24, 2.45) is 0 Å². The van der Waals surface area contributed by atoms with Gasteiger partial charge in [0.15, 0.2) is 0 Å². The van der Waals surface area contributed by atoms with E-state index >= 15 is 0 Å². The quantitative estimate of drug-likeness (QED) is 0.0237. The second kappa shape index (κ2) is 37.1. The Morgan fingerprint density at radius 3 is 0.918 bits per heavy atom. The van der Waals surface area contributed by atoms with E-state index in [1.165, 1.54) is 0 Å². The van der Waals surface area contributed by atoms with Crippen LogP contribution in [0.3, 0.4) is 0 Å². The minimum atomic E-state index is -2.35. The molecule has 0 aromatic heterocycles. The summed E-state index contributed by atoms with van der Waals surface area (Å²) in [7, 11) is 0. The Hall–Kier alpha value is -3.45. The molecule has 0 N–H and O–H groups in total. The lowest BCUT2D eigenvalue weighted by molar-refractivity contribution is -0.136. The minimum Gasteiger partial charge on any atom is -0.460 e. The maximum absolute atomic E-state index is 13.6. The molecular formula is C40H57F5O16. The van der Waals surface area contributed by atoms with Crippen LogP contribution in [0.4, 0.5) is 22.0 Å². The lowest BCUT2D eigenvalue weighted by atomic mass is 10.2. The van der Waals surface area contributed by atoms with Gasteiger partial charge in [0.1, 0.15) is 6.61 Å². The van der Waals surface area contributed by atoms with Gasteiger partial charge in [0.05, 0.1) is 171 Å². The molecule has 0 heterocycles. The summed E-state index contributed by atoms with van der Waals surface area (Å²) in [6.07, 6.45) is -0.493. The van der Waals surface area contributed by atoms with Crippen LogP contribution >= 0.6 is 0 Å². The fourth-order valence-electron chi connectivity index (χ4n) is 4.37. The van der Waals surface area contributed by atoms with Crippen molar-refractivity contribution in [2.45, 2.75) is 6.42 Å². The number of carbonyl (C=O) groups excluding carboxylic acids is 2. The second-order valence-electron chi connectivity index (χ2n) is 12.0. The molecule has 0 amide bonds. The zero-order valence-corrected chi connectivity index (χ0v) is 34.2. The highest BCUT2D eigenvalue weighted by molar-refractivity contribution is 5.89. The zero-order chi connectivity index (χ0) is 44.0. The van der Waals surface area contributed by atoms with E-state index in [-0.39, 0.29) is 39.0 Å². The van der Waals surface area contributed by atoms with Gasteiger partial charge >= 0.3 is 11.9 Å². The van der Waals surface area contributed by atoms with Crippen LogP contribution in [0.15, 0.2) is 30.3 Å². The number of halogens is 5. The summed E-state index contributed by atoms with van der Waals surface area (Å²) in [5, 5.41) is 0. The molecule has 0 spiro atoms. The molecule has 16 nitrogen and oxygen atoms in total. The summed E-state index contributed by atoms with van der Waals surface area (Å²) in [6.45, 7) is 8.62. The topological polar surface area (TPSA) is 163 Å². The van der Waals surface area contributed by atoms with Crippen LogP contribution in [0.2, 0.25) is 0 Å². The first-order valence-corrected chi connectivity index (χ1v) is 19.7. The Morgan fingerprint density at radius 1 is 0.344 bits per heavy atom. The smallest absolute Gasteiger partial charge is 0.338 e. The number of rotatable bonds is 41. The molecule has 2 rings (SSSR count). The van der Waals surface area contributed by atoms with Crippen LogP contribution in [0, 0.1) is 29.1 Å². The van der Waals surface area contributed by atoms with Gasteiger partial charge in [0.2, 0.25) is 34.8 Å². The standard InChI is InChI=1S/C40H57F5O16/c41-34-35(42)37(44)39(38(45)36(34)43)61-33(46)6-7-48-8-9-49-10-11-50-12-13-51-14-15-52-16-17-53-18-19-54-20-21-55-22-23-56-24-25-57-26-27-58-28-29-59-30-31-60-40(47)32-4-2-1-3-5-32/h1-5H,6-31H2. The molecule has 0 atom stereocenters. The predicted octanol–water partition coefficient (Wildman–Crippen LogP) is 3.73. The van der Waals surface area contributed by atoms with Crippen LogP contribution in [0.25, 0.3) is 0 Å². The van der Waals surface area contributed by atoms with Crippen LogP contribution in [-0.4, -0.2) is 177 Å². The summed E-state index contributed by atoms with van der Waals surface area (Å²) < 4.78 is 141. The van der Waals surface area contributed by atoms with E-state index < -0.39 is 47.2 Å². The van der Waals surface area contributed by atoms with E-state index in [0.717, 1.165) is 0 Å². The summed E-state index contributed by atoms with van der Waals surface area (Å²) in [6, 6.07) is 8.78. The SMILES string of the molecule is O=C(CCOCCOCCOCCOCCOCCOCCOCCOCCOCCOCCOCCOCCOC(=O)c1ccccc1)Oc1c(F)c(F)c(F)c(F)c1F. The predicted molar refractivity (Wildman–Crippen MR) is 203 cm³/mol. The Balaban J connectivity index is 1.18. The average Bonchev–Trinajstić information content (AvgIpc) is 3.27. The van der Waals surface area contributed by atoms with Gasteiger partial charge in [-0.1, -0.05) is 18.2 Å². The molecule has 61 heavy (non-hydrogen) atoms. The second-order valence-corrected chi connectivity index (χ2v) is 12.0. The molecule has 2 aromatic rings. The molecule has 21 heteroatoms. The summed E-state index contributed by atoms with van der Waals surface area (Å²) in [5.41, 5.74) is 0.507. The van der Waals surface area contributed by atoms with Crippen molar-refractivity contribution in [3.05, 3.63) is 65.0 Å². The van der Waals surface area contributed by atoms with Crippen molar-refractivity contribution in [1.82, 2.24) is 0 Å². The number of hydrogen-bond acceptors (Lipinski definition) is 16. The third-order valence-corrected chi connectivity index (χ3v) is 7.40. The van der Waals surface area contributed by atoms with Gasteiger partial charge in [0.25, 0.3) is 0 Å². The van der Waals surface area contributed by atoms with Gasteiger partial charge in [-0.05, 0) is 12.1 Å². The van der Waals surface area contributed by atoms with Crippen molar-refractivity contribution in [1.29, 1.82) is 0 Å². The first-order chi connectivity index (χ1) is 29.8.